The van der Waals surface area contributed by atoms with E-state index >= 15 is 0 Å². The van der Waals surface area contributed by atoms with Gasteiger partial charge >= 0.3 is 0 Å². The highest BCUT2D eigenvalue weighted by atomic mass is 32.1. The molecule has 2 aromatic rings. The minimum atomic E-state index is 0.585. The van der Waals surface area contributed by atoms with Gasteiger partial charge in [0.2, 0.25) is 5.88 Å². The number of nitrogens with zero attached hydrogens (tertiary/aromatic N) is 2. The molecule has 2 N–H and O–H groups in total. The molecule has 0 aliphatic carbocycles. The molecule has 5 nitrogen and oxygen atoms in total. The van der Waals surface area contributed by atoms with Crippen molar-refractivity contribution in [3.8, 4) is 5.88 Å². The Balaban J connectivity index is 1.97. The van der Waals surface area contributed by atoms with Gasteiger partial charge in [0, 0.05) is 23.7 Å². The Kier molecular flexibility index (Phi) is 6.87. The first-order chi connectivity index (χ1) is 11.2. The molecule has 0 amide bonds. The third kappa shape index (κ3) is 5.56. The van der Waals surface area contributed by atoms with E-state index in [4.69, 9.17) is 4.74 Å². The lowest BCUT2D eigenvalue weighted by Crippen LogP contribution is -2.36. The summed E-state index contributed by atoms with van der Waals surface area (Å²) in [6, 6.07) is 6.02. The van der Waals surface area contributed by atoms with Crippen molar-refractivity contribution < 1.29 is 4.74 Å². The van der Waals surface area contributed by atoms with Gasteiger partial charge in [0.1, 0.15) is 0 Å². The lowest BCUT2D eigenvalue weighted by atomic mass is 10.3. The van der Waals surface area contributed by atoms with Crippen LogP contribution in [0, 0.1) is 6.92 Å². The predicted octanol–water partition coefficient (Wildman–Crippen LogP) is 3.11. The Bertz CT molecular complexity index is 639. The van der Waals surface area contributed by atoms with Crippen LogP contribution in [0.1, 0.15) is 29.9 Å². The van der Waals surface area contributed by atoms with Crippen LogP contribution in [-0.2, 0) is 13.1 Å². The van der Waals surface area contributed by atoms with E-state index < -0.39 is 0 Å². The topological polar surface area (TPSA) is 58.5 Å². The molecule has 6 heteroatoms. The highest BCUT2D eigenvalue weighted by molar-refractivity contribution is 7.10. The lowest BCUT2D eigenvalue weighted by molar-refractivity contribution is 0.326. The van der Waals surface area contributed by atoms with Crippen LogP contribution in [0.5, 0.6) is 5.88 Å². The molecule has 0 atom stereocenters. The molecular weight excluding hydrogens is 308 g/mol. The standard InChI is InChI=1S/C17H24N4OS/c1-4-18-17(21-12-15-13(3)7-9-23-15)20-11-14-6-8-19-16(10-14)22-5-2/h6-10H,4-5,11-12H2,1-3H3,(H2,18,20,21). The van der Waals surface area contributed by atoms with Gasteiger partial charge in [0.15, 0.2) is 5.96 Å². The Morgan fingerprint density at radius 3 is 2.87 bits per heavy atom. The Morgan fingerprint density at radius 2 is 2.17 bits per heavy atom. The number of aliphatic imine (C=N–C) groups is 1. The van der Waals surface area contributed by atoms with Crippen LogP contribution < -0.4 is 15.4 Å². The van der Waals surface area contributed by atoms with Gasteiger partial charge in [0.05, 0.1) is 19.7 Å². The molecule has 0 saturated heterocycles. The fraction of sp³-hybridized carbons (Fsp3) is 0.412. The van der Waals surface area contributed by atoms with E-state index in [1.54, 1.807) is 17.5 Å². The average molecular weight is 332 g/mol. The van der Waals surface area contributed by atoms with E-state index in [9.17, 15) is 0 Å². The van der Waals surface area contributed by atoms with Gasteiger partial charge in [-0.3, -0.25) is 0 Å². The molecule has 2 heterocycles. The summed E-state index contributed by atoms with van der Waals surface area (Å²) < 4.78 is 5.42. The summed E-state index contributed by atoms with van der Waals surface area (Å²) in [5, 5.41) is 8.76. The van der Waals surface area contributed by atoms with Gasteiger partial charge in [-0.1, -0.05) is 0 Å². The van der Waals surface area contributed by atoms with Crippen LogP contribution in [0.4, 0.5) is 0 Å². The SMILES string of the molecule is CCNC(=NCc1ccnc(OCC)c1)NCc1sccc1C. The van der Waals surface area contributed by atoms with Crippen molar-refractivity contribution in [2.75, 3.05) is 13.2 Å². The van der Waals surface area contributed by atoms with Crippen LogP contribution in [0.3, 0.4) is 0 Å². The first-order valence-corrected chi connectivity index (χ1v) is 8.73. The van der Waals surface area contributed by atoms with Gasteiger partial charge in [-0.25, -0.2) is 9.98 Å². The van der Waals surface area contributed by atoms with E-state index in [-0.39, 0.29) is 0 Å². The van der Waals surface area contributed by atoms with Crippen LogP contribution in [0.15, 0.2) is 34.8 Å². The summed E-state index contributed by atoms with van der Waals surface area (Å²) >= 11 is 1.76. The summed E-state index contributed by atoms with van der Waals surface area (Å²) in [5.74, 6) is 1.46. The maximum Gasteiger partial charge on any atom is 0.213 e. The highest BCUT2D eigenvalue weighted by Crippen LogP contribution is 2.15. The Labute approximate surface area is 141 Å². The monoisotopic (exact) mass is 332 g/mol. The minimum absolute atomic E-state index is 0.585. The highest BCUT2D eigenvalue weighted by Gasteiger charge is 2.03. The molecule has 0 fully saturated rings. The maximum absolute atomic E-state index is 5.42. The number of aryl methyl sites for hydroxylation is 1. The second-order valence-corrected chi connectivity index (χ2v) is 6.01. The van der Waals surface area contributed by atoms with Crippen LogP contribution >= 0.6 is 11.3 Å². The molecule has 124 valence electrons. The number of pyridine rings is 1. The molecule has 0 aliphatic rings. The van der Waals surface area contributed by atoms with Gasteiger partial charge in [-0.05, 0) is 49.4 Å². The zero-order valence-electron chi connectivity index (χ0n) is 13.9. The van der Waals surface area contributed by atoms with E-state index in [0.717, 1.165) is 24.6 Å². The quantitative estimate of drug-likeness (QED) is 0.604. The third-order valence-electron chi connectivity index (χ3n) is 3.24. The largest absolute Gasteiger partial charge is 0.478 e. The number of ether oxygens (including phenoxy) is 1. The minimum Gasteiger partial charge on any atom is -0.478 e. The summed E-state index contributed by atoms with van der Waals surface area (Å²) in [6.45, 7) is 8.96. The predicted molar refractivity (Wildman–Crippen MR) is 96.1 cm³/mol. The number of guanidine groups is 1. The van der Waals surface area contributed by atoms with Crippen molar-refractivity contribution in [2.45, 2.75) is 33.9 Å². The Morgan fingerprint density at radius 1 is 1.30 bits per heavy atom. The second kappa shape index (κ2) is 9.15. The first-order valence-electron chi connectivity index (χ1n) is 7.85. The normalized spacial score (nSPS) is 11.3. The van der Waals surface area contributed by atoms with Gasteiger partial charge in [0.25, 0.3) is 0 Å². The van der Waals surface area contributed by atoms with Gasteiger partial charge in [-0.2, -0.15) is 0 Å². The summed E-state index contributed by atoms with van der Waals surface area (Å²) in [6.07, 6.45) is 1.76. The fourth-order valence-corrected chi connectivity index (χ4v) is 2.88. The summed E-state index contributed by atoms with van der Waals surface area (Å²) in [7, 11) is 0. The number of thiophene rings is 1. The molecule has 0 aromatic carbocycles. The molecule has 0 unspecified atom stereocenters. The number of aromatic nitrogens is 1. The average Bonchev–Trinajstić information content (AvgIpc) is 2.96. The smallest absolute Gasteiger partial charge is 0.213 e. The lowest BCUT2D eigenvalue weighted by Gasteiger charge is -2.11. The maximum atomic E-state index is 5.42. The molecule has 0 bridgehead atoms. The van der Waals surface area contributed by atoms with Crippen molar-refractivity contribution in [1.82, 2.24) is 15.6 Å². The number of hydrogen-bond acceptors (Lipinski definition) is 4. The van der Waals surface area contributed by atoms with Crippen LogP contribution in [-0.4, -0.2) is 24.1 Å². The van der Waals surface area contributed by atoms with E-state index in [1.807, 2.05) is 19.1 Å². The van der Waals surface area contributed by atoms with Crippen molar-refractivity contribution in [3.63, 3.8) is 0 Å². The van der Waals surface area contributed by atoms with E-state index in [1.165, 1.54) is 10.4 Å². The van der Waals surface area contributed by atoms with E-state index in [0.29, 0.717) is 19.0 Å². The van der Waals surface area contributed by atoms with Crippen molar-refractivity contribution in [3.05, 3.63) is 45.8 Å². The van der Waals surface area contributed by atoms with Crippen molar-refractivity contribution in [1.29, 1.82) is 0 Å². The van der Waals surface area contributed by atoms with Crippen LogP contribution in [0.2, 0.25) is 0 Å². The molecule has 0 spiro atoms. The number of nitrogens with one attached hydrogen (secondary N) is 2. The molecule has 0 saturated carbocycles. The number of rotatable bonds is 7. The van der Waals surface area contributed by atoms with Crippen molar-refractivity contribution in [2.24, 2.45) is 4.99 Å². The second-order valence-electron chi connectivity index (χ2n) is 5.01. The third-order valence-corrected chi connectivity index (χ3v) is 4.26. The molecule has 2 rings (SSSR count). The molecule has 23 heavy (non-hydrogen) atoms. The van der Waals surface area contributed by atoms with E-state index in [2.05, 4.69) is 45.9 Å². The Hall–Kier alpha value is -2.08. The molecule has 2 aromatic heterocycles. The van der Waals surface area contributed by atoms with Gasteiger partial charge in [-0.15, -0.1) is 11.3 Å². The fourth-order valence-electron chi connectivity index (χ4n) is 2.04. The first kappa shape index (κ1) is 17.3. The summed E-state index contributed by atoms with van der Waals surface area (Å²) in [5.41, 5.74) is 2.39. The molecular formula is C17H24N4OS. The van der Waals surface area contributed by atoms with Gasteiger partial charge < -0.3 is 15.4 Å². The molecule has 0 aliphatic heterocycles. The molecule has 0 radical (unpaired) electrons. The summed E-state index contributed by atoms with van der Waals surface area (Å²) in [4.78, 5) is 10.1. The van der Waals surface area contributed by atoms with Crippen molar-refractivity contribution >= 4 is 17.3 Å². The van der Waals surface area contributed by atoms with Crippen LogP contribution in [0.25, 0.3) is 0 Å². The number of hydrogen-bond donors (Lipinski definition) is 2. The zero-order valence-corrected chi connectivity index (χ0v) is 14.7. The zero-order chi connectivity index (χ0) is 16.5.